The highest BCUT2D eigenvalue weighted by atomic mass is 16.2. The second-order valence-electron chi connectivity index (χ2n) is 9.25. The van der Waals surface area contributed by atoms with Gasteiger partial charge in [0.2, 0.25) is 11.8 Å². The third-order valence-corrected chi connectivity index (χ3v) is 7.49. The van der Waals surface area contributed by atoms with Crippen LogP contribution in [0.5, 0.6) is 0 Å². The van der Waals surface area contributed by atoms with Crippen molar-refractivity contribution >= 4 is 11.8 Å². The molecule has 2 unspecified atom stereocenters. The molecule has 2 bridgehead atoms. The van der Waals surface area contributed by atoms with Crippen molar-refractivity contribution in [3.05, 3.63) is 0 Å². The fourth-order valence-electron chi connectivity index (χ4n) is 5.80. The van der Waals surface area contributed by atoms with Crippen LogP contribution < -0.4 is 10.6 Å². The van der Waals surface area contributed by atoms with Crippen LogP contribution in [0.15, 0.2) is 0 Å². The molecule has 2 N–H and O–H groups in total. The summed E-state index contributed by atoms with van der Waals surface area (Å²) in [6.07, 6.45) is 13.1. The van der Waals surface area contributed by atoms with Gasteiger partial charge >= 0.3 is 0 Å². The van der Waals surface area contributed by atoms with Crippen LogP contribution >= 0.6 is 0 Å². The maximum atomic E-state index is 13.0. The zero-order valence-corrected chi connectivity index (χ0v) is 16.2. The van der Waals surface area contributed by atoms with E-state index in [1.165, 1.54) is 25.7 Å². The Morgan fingerprint density at radius 3 is 2.08 bits per heavy atom. The van der Waals surface area contributed by atoms with Crippen molar-refractivity contribution in [1.29, 1.82) is 0 Å². The quantitative estimate of drug-likeness (QED) is 0.809. The molecule has 2 aliphatic heterocycles. The Balaban J connectivity index is 1.23. The second kappa shape index (κ2) is 7.87. The van der Waals surface area contributed by atoms with E-state index in [9.17, 15) is 9.59 Å². The summed E-state index contributed by atoms with van der Waals surface area (Å²) in [7, 11) is 2.02. The maximum Gasteiger partial charge on any atom is 0.225 e. The van der Waals surface area contributed by atoms with E-state index in [1.54, 1.807) is 0 Å². The number of hydrogen-bond donors (Lipinski definition) is 2. The third-order valence-electron chi connectivity index (χ3n) is 7.49. The van der Waals surface area contributed by atoms with Crippen molar-refractivity contribution < 1.29 is 9.59 Å². The smallest absolute Gasteiger partial charge is 0.225 e. The van der Waals surface area contributed by atoms with Crippen molar-refractivity contribution in [2.45, 2.75) is 101 Å². The molecule has 4 fully saturated rings. The Bertz CT molecular complexity index is 511. The number of nitrogens with zero attached hydrogens (tertiary/aromatic N) is 1. The molecule has 2 heterocycles. The van der Waals surface area contributed by atoms with Gasteiger partial charge in [0.1, 0.15) is 0 Å². The SMILES string of the molecule is CN(C(=O)C1CCC(NC(=O)C2CCCC2)CC1)C1CC2CCC(C1)N2. The van der Waals surface area contributed by atoms with Crippen LogP contribution in [0.4, 0.5) is 0 Å². The molecule has 2 saturated heterocycles. The van der Waals surface area contributed by atoms with E-state index in [1.807, 2.05) is 7.05 Å². The fraction of sp³-hybridized carbons (Fsp3) is 0.905. The number of fused-ring (bicyclic) bond motifs is 2. The summed E-state index contributed by atoms with van der Waals surface area (Å²) in [5.41, 5.74) is 0. The summed E-state index contributed by atoms with van der Waals surface area (Å²) in [5.74, 6) is 1.01. The van der Waals surface area contributed by atoms with E-state index in [2.05, 4.69) is 15.5 Å². The maximum absolute atomic E-state index is 13.0. The van der Waals surface area contributed by atoms with Crippen molar-refractivity contribution in [3.63, 3.8) is 0 Å². The van der Waals surface area contributed by atoms with Crippen molar-refractivity contribution in [1.82, 2.24) is 15.5 Å². The summed E-state index contributed by atoms with van der Waals surface area (Å²) in [5, 5.41) is 6.92. The van der Waals surface area contributed by atoms with E-state index in [4.69, 9.17) is 0 Å². The van der Waals surface area contributed by atoms with Gasteiger partial charge in [-0.3, -0.25) is 9.59 Å². The highest BCUT2D eigenvalue weighted by molar-refractivity contribution is 5.80. The molecule has 5 heteroatoms. The molecular weight excluding hydrogens is 326 g/mol. The Morgan fingerprint density at radius 1 is 0.846 bits per heavy atom. The number of piperidine rings is 1. The van der Waals surface area contributed by atoms with E-state index in [0.717, 1.165) is 51.4 Å². The van der Waals surface area contributed by atoms with Gasteiger partial charge in [0, 0.05) is 43.1 Å². The molecule has 2 saturated carbocycles. The Morgan fingerprint density at radius 2 is 1.46 bits per heavy atom. The molecule has 2 amide bonds. The van der Waals surface area contributed by atoms with Gasteiger partial charge in [0.15, 0.2) is 0 Å². The minimum Gasteiger partial charge on any atom is -0.353 e. The first-order valence-electron chi connectivity index (χ1n) is 10.9. The lowest BCUT2D eigenvalue weighted by molar-refractivity contribution is -0.138. The summed E-state index contributed by atoms with van der Waals surface area (Å²) in [4.78, 5) is 27.4. The third kappa shape index (κ3) is 3.92. The largest absolute Gasteiger partial charge is 0.353 e. The van der Waals surface area contributed by atoms with Gasteiger partial charge < -0.3 is 15.5 Å². The predicted molar refractivity (Wildman–Crippen MR) is 102 cm³/mol. The normalized spacial score (nSPS) is 37.5. The van der Waals surface area contributed by atoms with Crippen molar-refractivity contribution in [2.75, 3.05) is 7.05 Å². The first-order valence-corrected chi connectivity index (χ1v) is 10.9. The van der Waals surface area contributed by atoms with Gasteiger partial charge in [-0.1, -0.05) is 12.8 Å². The van der Waals surface area contributed by atoms with Crippen LogP contribution in [0.25, 0.3) is 0 Å². The molecule has 0 aromatic carbocycles. The molecule has 0 aromatic rings. The zero-order chi connectivity index (χ0) is 18.1. The van der Waals surface area contributed by atoms with Crippen LogP contribution in [0, 0.1) is 11.8 Å². The molecule has 146 valence electrons. The van der Waals surface area contributed by atoms with Gasteiger partial charge in [-0.15, -0.1) is 0 Å². The van der Waals surface area contributed by atoms with Crippen LogP contribution in [0.2, 0.25) is 0 Å². The van der Waals surface area contributed by atoms with Gasteiger partial charge in [0.05, 0.1) is 0 Å². The molecule has 5 nitrogen and oxygen atoms in total. The number of nitrogens with one attached hydrogen (secondary N) is 2. The number of hydrogen-bond acceptors (Lipinski definition) is 3. The number of rotatable bonds is 4. The van der Waals surface area contributed by atoms with Crippen LogP contribution in [0.1, 0.15) is 77.0 Å². The topological polar surface area (TPSA) is 61.4 Å². The van der Waals surface area contributed by atoms with E-state index >= 15 is 0 Å². The number of carbonyl (C=O) groups is 2. The van der Waals surface area contributed by atoms with E-state index in [-0.39, 0.29) is 23.8 Å². The molecule has 4 rings (SSSR count). The molecule has 0 aromatic heterocycles. The molecule has 0 spiro atoms. The molecule has 26 heavy (non-hydrogen) atoms. The number of amides is 2. The van der Waals surface area contributed by atoms with Crippen LogP contribution in [-0.4, -0.2) is 47.9 Å². The fourth-order valence-corrected chi connectivity index (χ4v) is 5.80. The van der Waals surface area contributed by atoms with E-state index in [0.29, 0.717) is 24.0 Å². The Kier molecular flexibility index (Phi) is 5.53. The predicted octanol–water partition coefficient (Wildman–Crippen LogP) is 2.59. The molecule has 0 radical (unpaired) electrons. The average Bonchev–Trinajstić information content (AvgIpc) is 3.31. The molecule has 2 aliphatic carbocycles. The number of carbonyl (C=O) groups excluding carboxylic acids is 2. The lowest BCUT2D eigenvalue weighted by Gasteiger charge is -2.38. The van der Waals surface area contributed by atoms with Gasteiger partial charge in [-0.05, 0) is 64.2 Å². The zero-order valence-electron chi connectivity index (χ0n) is 16.2. The van der Waals surface area contributed by atoms with Crippen LogP contribution in [-0.2, 0) is 9.59 Å². The Hall–Kier alpha value is -1.10. The van der Waals surface area contributed by atoms with Gasteiger partial charge in [-0.2, -0.15) is 0 Å². The first-order chi connectivity index (χ1) is 12.6. The summed E-state index contributed by atoms with van der Waals surface area (Å²) in [6.45, 7) is 0. The average molecular weight is 362 g/mol. The van der Waals surface area contributed by atoms with Gasteiger partial charge in [-0.25, -0.2) is 0 Å². The highest BCUT2D eigenvalue weighted by Crippen LogP contribution is 2.32. The lowest BCUT2D eigenvalue weighted by Crippen LogP contribution is -2.50. The van der Waals surface area contributed by atoms with E-state index < -0.39 is 0 Å². The lowest BCUT2D eigenvalue weighted by atomic mass is 9.84. The molecule has 4 aliphatic rings. The highest BCUT2D eigenvalue weighted by Gasteiger charge is 2.38. The summed E-state index contributed by atoms with van der Waals surface area (Å²) < 4.78 is 0. The first kappa shape index (κ1) is 18.3. The van der Waals surface area contributed by atoms with Crippen molar-refractivity contribution in [2.24, 2.45) is 11.8 Å². The van der Waals surface area contributed by atoms with Crippen LogP contribution in [0.3, 0.4) is 0 Å². The second-order valence-corrected chi connectivity index (χ2v) is 9.25. The van der Waals surface area contributed by atoms with Gasteiger partial charge in [0.25, 0.3) is 0 Å². The Labute approximate surface area is 157 Å². The van der Waals surface area contributed by atoms with Crippen molar-refractivity contribution in [3.8, 4) is 0 Å². The monoisotopic (exact) mass is 361 g/mol. The molecule has 2 atom stereocenters. The summed E-state index contributed by atoms with van der Waals surface area (Å²) in [6, 6.07) is 1.94. The summed E-state index contributed by atoms with van der Waals surface area (Å²) >= 11 is 0. The standard InChI is InChI=1S/C21H35N3O2/c1-24(19-12-17-10-11-18(13-19)22-17)21(26)15-6-8-16(9-7-15)23-20(25)14-4-2-3-5-14/h14-19,22H,2-13H2,1H3,(H,23,25). The minimum absolute atomic E-state index is 0.159. The minimum atomic E-state index is 0.159. The molecular formula is C21H35N3O2.